The summed E-state index contributed by atoms with van der Waals surface area (Å²) in [4.78, 5) is 15.3. The number of hydrogen-bond donors (Lipinski definition) is 2. The summed E-state index contributed by atoms with van der Waals surface area (Å²) >= 11 is 0. The Morgan fingerprint density at radius 3 is 2.29 bits per heavy atom. The second-order valence-corrected chi connectivity index (χ2v) is 12.4. The van der Waals surface area contributed by atoms with Crippen molar-refractivity contribution >= 4 is 5.91 Å². The van der Waals surface area contributed by atoms with Crippen molar-refractivity contribution in [3.8, 4) is 11.1 Å². The minimum Gasteiger partial charge on any atom is -0.333 e. The van der Waals surface area contributed by atoms with Gasteiger partial charge in [0, 0.05) is 31.2 Å². The summed E-state index contributed by atoms with van der Waals surface area (Å²) in [7, 11) is 0. The van der Waals surface area contributed by atoms with Crippen molar-refractivity contribution in [1.29, 1.82) is 0 Å². The van der Waals surface area contributed by atoms with Crippen LogP contribution in [0.4, 0.5) is 0 Å². The quantitative estimate of drug-likeness (QED) is 0.419. The molecule has 3 aromatic rings. The summed E-state index contributed by atoms with van der Waals surface area (Å²) in [5, 5.41) is 7.87. The van der Waals surface area contributed by atoms with Gasteiger partial charge in [0.25, 0.3) is 0 Å². The number of carbonyl (C=O) groups is 1. The molecule has 1 aliphatic heterocycles. The average Bonchev–Trinajstić information content (AvgIpc) is 3.39. The zero-order valence-corrected chi connectivity index (χ0v) is 22.2. The molecule has 4 aliphatic rings. The highest BCUT2D eigenvalue weighted by Crippen LogP contribution is 2.54. The Labute approximate surface area is 226 Å². The molecule has 38 heavy (non-hydrogen) atoms. The topological polar surface area (TPSA) is 44.4 Å². The molecule has 0 saturated heterocycles. The van der Waals surface area contributed by atoms with Crippen LogP contribution >= 0.6 is 0 Å². The Morgan fingerprint density at radius 2 is 1.53 bits per heavy atom. The summed E-state index contributed by atoms with van der Waals surface area (Å²) in [6, 6.07) is 28.6. The third-order valence-corrected chi connectivity index (χ3v) is 10.0. The van der Waals surface area contributed by atoms with E-state index in [2.05, 4.69) is 89.5 Å². The van der Waals surface area contributed by atoms with Crippen molar-refractivity contribution in [2.75, 3.05) is 6.54 Å². The molecule has 1 amide bonds. The van der Waals surface area contributed by atoms with Crippen molar-refractivity contribution in [2.24, 2.45) is 17.8 Å². The minimum atomic E-state index is 0.0988. The van der Waals surface area contributed by atoms with E-state index in [0.29, 0.717) is 12.6 Å². The average molecular weight is 506 g/mol. The third kappa shape index (κ3) is 4.69. The molecule has 1 heterocycles. The Bertz CT molecular complexity index is 1260. The molecular weight excluding hydrogens is 466 g/mol. The lowest BCUT2D eigenvalue weighted by atomic mass is 9.53. The van der Waals surface area contributed by atoms with E-state index in [9.17, 15) is 4.79 Å². The van der Waals surface area contributed by atoms with Gasteiger partial charge in [0.15, 0.2) is 0 Å². The molecule has 5 unspecified atom stereocenters. The van der Waals surface area contributed by atoms with Crippen LogP contribution in [0.2, 0.25) is 0 Å². The number of nitrogens with zero attached hydrogens (tertiary/aromatic N) is 1. The van der Waals surface area contributed by atoms with Crippen LogP contribution in [0.15, 0.2) is 78.9 Å². The Morgan fingerprint density at radius 1 is 0.816 bits per heavy atom. The number of nitrogens with one attached hydrogen (secondary N) is 2. The molecule has 0 radical (unpaired) electrons. The number of carbonyl (C=O) groups excluding carboxylic acids is 1. The van der Waals surface area contributed by atoms with Gasteiger partial charge in [-0.25, -0.2) is 0 Å². The summed E-state index contributed by atoms with van der Waals surface area (Å²) in [6.07, 6.45) is 7.71. The lowest BCUT2D eigenvalue weighted by molar-refractivity contribution is -0.132. The van der Waals surface area contributed by atoms with Gasteiger partial charge in [-0.3, -0.25) is 4.79 Å². The van der Waals surface area contributed by atoms with Gasteiger partial charge in [0.05, 0.1) is 6.54 Å². The van der Waals surface area contributed by atoms with Crippen LogP contribution < -0.4 is 10.6 Å². The van der Waals surface area contributed by atoms with Crippen LogP contribution in [-0.2, 0) is 24.4 Å². The first-order valence-corrected chi connectivity index (χ1v) is 14.6. The van der Waals surface area contributed by atoms with Crippen LogP contribution in [0.3, 0.4) is 0 Å². The normalized spacial score (nSPS) is 29.3. The zero-order chi connectivity index (χ0) is 25.5. The fraction of sp³-hybridized carbons (Fsp3) is 0.441. The maximum Gasteiger partial charge on any atom is 0.237 e. The predicted octanol–water partition coefficient (Wildman–Crippen LogP) is 5.91. The molecule has 3 aliphatic carbocycles. The van der Waals surface area contributed by atoms with Gasteiger partial charge in [-0.2, -0.15) is 0 Å². The molecular formula is C34H39N3O. The van der Waals surface area contributed by atoms with Crippen molar-refractivity contribution < 1.29 is 4.79 Å². The SMILES string of the molecule is O=C(CNC12CC3CCC(C(C3)C1)C(NCc1ccc(-c3ccccc3)cc1)C2)N1Cc2ccccc2C1. The minimum absolute atomic E-state index is 0.0988. The lowest BCUT2D eigenvalue weighted by Crippen LogP contribution is -2.64. The van der Waals surface area contributed by atoms with Crippen LogP contribution in [0, 0.1) is 17.8 Å². The highest BCUT2D eigenvalue weighted by Gasteiger charge is 2.52. The van der Waals surface area contributed by atoms with E-state index in [1.807, 2.05) is 4.90 Å². The van der Waals surface area contributed by atoms with E-state index >= 15 is 0 Å². The molecule has 7 rings (SSSR count). The summed E-state index contributed by atoms with van der Waals surface area (Å²) in [5.74, 6) is 2.63. The molecule has 0 aromatic heterocycles. The highest BCUT2D eigenvalue weighted by molar-refractivity contribution is 5.79. The van der Waals surface area contributed by atoms with Crippen LogP contribution in [0.5, 0.6) is 0 Å². The van der Waals surface area contributed by atoms with Crippen molar-refractivity contribution in [1.82, 2.24) is 15.5 Å². The van der Waals surface area contributed by atoms with E-state index in [1.54, 1.807) is 0 Å². The fourth-order valence-electron chi connectivity index (χ4n) is 8.23. The molecule has 5 atom stereocenters. The number of amides is 1. The van der Waals surface area contributed by atoms with Gasteiger partial charge >= 0.3 is 0 Å². The maximum absolute atomic E-state index is 13.2. The van der Waals surface area contributed by atoms with E-state index in [4.69, 9.17) is 0 Å². The third-order valence-electron chi connectivity index (χ3n) is 10.0. The number of fused-ring (bicyclic) bond motifs is 3. The van der Waals surface area contributed by atoms with E-state index < -0.39 is 0 Å². The molecule has 2 N–H and O–H groups in total. The van der Waals surface area contributed by atoms with E-state index in [1.165, 1.54) is 59.9 Å². The molecule has 3 fully saturated rings. The summed E-state index contributed by atoms with van der Waals surface area (Å²) in [5.41, 5.74) is 6.58. The molecule has 4 nitrogen and oxygen atoms in total. The van der Waals surface area contributed by atoms with E-state index in [0.717, 1.165) is 43.8 Å². The molecule has 196 valence electrons. The smallest absolute Gasteiger partial charge is 0.237 e. The maximum atomic E-state index is 13.2. The summed E-state index contributed by atoms with van der Waals surface area (Å²) < 4.78 is 0. The Balaban J connectivity index is 1.00. The van der Waals surface area contributed by atoms with Gasteiger partial charge in [-0.05, 0) is 77.7 Å². The second kappa shape index (κ2) is 9.98. The predicted molar refractivity (Wildman–Crippen MR) is 152 cm³/mol. The van der Waals surface area contributed by atoms with Gasteiger partial charge < -0.3 is 15.5 Å². The van der Waals surface area contributed by atoms with Gasteiger partial charge in [-0.1, -0.05) is 85.3 Å². The Hall–Kier alpha value is -2.95. The number of rotatable bonds is 7. The highest BCUT2D eigenvalue weighted by atomic mass is 16.2. The Kier molecular flexibility index (Phi) is 6.33. The molecule has 3 aromatic carbocycles. The largest absolute Gasteiger partial charge is 0.333 e. The number of benzene rings is 3. The fourth-order valence-corrected chi connectivity index (χ4v) is 8.23. The van der Waals surface area contributed by atoms with Crippen LogP contribution in [0.1, 0.15) is 55.2 Å². The number of hydrogen-bond acceptors (Lipinski definition) is 3. The van der Waals surface area contributed by atoms with Crippen LogP contribution in [0.25, 0.3) is 11.1 Å². The first kappa shape index (κ1) is 24.1. The molecule has 3 bridgehead atoms. The first-order chi connectivity index (χ1) is 18.6. The van der Waals surface area contributed by atoms with Crippen LogP contribution in [-0.4, -0.2) is 28.9 Å². The van der Waals surface area contributed by atoms with Crippen molar-refractivity contribution in [3.63, 3.8) is 0 Å². The van der Waals surface area contributed by atoms with E-state index in [-0.39, 0.29) is 11.4 Å². The lowest BCUT2D eigenvalue weighted by Gasteiger charge is -2.58. The van der Waals surface area contributed by atoms with Gasteiger partial charge in [0.1, 0.15) is 0 Å². The van der Waals surface area contributed by atoms with Gasteiger partial charge in [-0.15, -0.1) is 0 Å². The first-order valence-electron chi connectivity index (χ1n) is 14.6. The monoisotopic (exact) mass is 505 g/mol. The zero-order valence-electron chi connectivity index (χ0n) is 22.2. The standard InChI is InChI=1S/C34H39N3O/c38-33(37-22-28-8-4-5-9-29(28)23-37)21-36-34-17-25-12-15-31(30(16-25)18-34)32(19-34)35-20-24-10-13-27(14-11-24)26-6-2-1-3-7-26/h1-11,13-14,25,30-32,35-36H,12,15-23H2. The van der Waals surface area contributed by atoms with Crippen molar-refractivity contribution in [2.45, 2.75) is 69.7 Å². The second-order valence-electron chi connectivity index (χ2n) is 12.4. The van der Waals surface area contributed by atoms with Gasteiger partial charge in [0.2, 0.25) is 5.91 Å². The molecule has 4 heteroatoms. The van der Waals surface area contributed by atoms with Crippen molar-refractivity contribution in [3.05, 3.63) is 95.6 Å². The molecule has 3 saturated carbocycles. The summed E-state index contributed by atoms with van der Waals surface area (Å²) in [6.45, 7) is 2.88. The molecule has 0 spiro atoms.